The minimum Gasteiger partial charge on any atom is -0.334 e. The molecule has 2 N–H and O–H groups in total. The number of aryl methyl sites for hydroxylation is 1. The Morgan fingerprint density at radius 1 is 1.09 bits per heavy atom. The Bertz CT molecular complexity index is 657. The van der Waals surface area contributed by atoms with Crippen molar-refractivity contribution in [1.82, 2.24) is 10.6 Å². The van der Waals surface area contributed by atoms with E-state index in [0.29, 0.717) is 6.42 Å². The molecule has 1 heterocycles. The number of urea groups is 1. The summed E-state index contributed by atoms with van der Waals surface area (Å²) in [5.74, 6) is 0.228. The van der Waals surface area contributed by atoms with Gasteiger partial charge in [-0.3, -0.25) is 0 Å². The molecule has 0 aromatic heterocycles. The van der Waals surface area contributed by atoms with Gasteiger partial charge in [-0.05, 0) is 36.8 Å². The zero-order chi connectivity index (χ0) is 15.6. The number of carbonyl (C=O) groups is 1. The molecule has 1 aliphatic carbocycles. The van der Waals surface area contributed by atoms with Gasteiger partial charge in [0.2, 0.25) is 0 Å². The van der Waals surface area contributed by atoms with Crippen molar-refractivity contribution in [3.8, 4) is 0 Å². The van der Waals surface area contributed by atoms with Crippen LogP contribution in [0.15, 0.2) is 24.3 Å². The van der Waals surface area contributed by atoms with Gasteiger partial charge in [0.25, 0.3) is 0 Å². The Kier molecular flexibility index (Phi) is 4.38. The van der Waals surface area contributed by atoms with E-state index < -0.39 is 9.84 Å². The van der Waals surface area contributed by atoms with Gasteiger partial charge in [0.1, 0.15) is 0 Å². The average Bonchev–Trinajstić information content (AvgIpc) is 2.69. The van der Waals surface area contributed by atoms with Crippen LogP contribution in [0, 0.1) is 0 Å². The number of fused-ring (bicyclic) bond motifs is 1. The van der Waals surface area contributed by atoms with Crippen molar-refractivity contribution >= 4 is 15.9 Å². The molecule has 22 heavy (non-hydrogen) atoms. The molecule has 1 aliphatic heterocycles. The Morgan fingerprint density at radius 2 is 1.91 bits per heavy atom. The van der Waals surface area contributed by atoms with Crippen LogP contribution in [0.2, 0.25) is 0 Å². The summed E-state index contributed by atoms with van der Waals surface area (Å²) in [6, 6.07) is 7.72. The van der Waals surface area contributed by atoms with Crippen molar-refractivity contribution in [2.45, 2.75) is 44.2 Å². The molecule has 1 saturated heterocycles. The molecule has 0 bridgehead atoms. The quantitative estimate of drug-likeness (QED) is 0.817. The summed E-state index contributed by atoms with van der Waals surface area (Å²) >= 11 is 0. The summed E-state index contributed by atoms with van der Waals surface area (Å²) in [4.78, 5) is 12.2. The van der Waals surface area contributed by atoms with Gasteiger partial charge in [-0.15, -0.1) is 0 Å². The third-order valence-corrected chi connectivity index (χ3v) is 6.26. The van der Waals surface area contributed by atoms with Gasteiger partial charge >= 0.3 is 6.03 Å². The van der Waals surface area contributed by atoms with E-state index in [9.17, 15) is 13.2 Å². The van der Waals surface area contributed by atoms with E-state index in [1.165, 1.54) is 11.1 Å². The van der Waals surface area contributed by atoms with E-state index >= 15 is 0 Å². The lowest BCUT2D eigenvalue weighted by Crippen LogP contribution is -2.44. The zero-order valence-corrected chi connectivity index (χ0v) is 13.4. The lowest BCUT2D eigenvalue weighted by Gasteiger charge is -2.21. The van der Waals surface area contributed by atoms with Crippen molar-refractivity contribution in [3.63, 3.8) is 0 Å². The fourth-order valence-electron chi connectivity index (χ4n) is 3.37. The van der Waals surface area contributed by atoms with Crippen LogP contribution in [0.4, 0.5) is 4.79 Å². The zero-order valence-electron chi connectivity index (χ0n) is 12.5. The first-order valence-electron chi connectivity index (χ1n) is 7.89. The van der Waals surface area contributed by atoms with Crippen LogP contribution >= 0.6 is 0 Å². The first kappa shape index (κ1) is 15.3. The average molecular weight is 322 g/mol. The molecule has 5 nitrogen and oxygen atoms in total. The molecule has 2 amide bonds. The number of amides is 2. The SMILES string of the molecule is O=C(NC1CCS(=O)(=O)C1)NC1CCCCc2ccccc21. The van der Waals surface area contributed by atoms with Crippen LogP contribution < -0.4 is 10.6 Å². The number of nitrogens with one attached hydrogen (secondary N) is 2. The van der Waals surface area contributed by atoms with Crippen molar-refractivity contribution in [2.24, 2.45) is 0 Å². The van der Waals surface area contributed by atoms with Gasteiger partial charge < -0.3 is 10.6 Å². The molecule has 120 valence electrons. The first-order valence-corrected chi connectivity index (χ1v) is 9.71. The van der Waals surface area contributed by atoms with E-state index in [1.807, 2.05) is 12.1 Å². The standard InChI is InChI=1S/C16H22N2O3S/c19-16(17-13-9-10-22(20,21)11-13)18-15-8-4-2-6-12-5-1-3-7-14(12)15/h1,3,5,7,13,15H,2,4,6,8-11H2,(H2,17,18,19). The molecule has 2 atom stereocenters. The molecular weight excluding hydrogens is 300 g/mol. The molecule has 3 rings (SSSR count). The maximum atomic E-state index is 12.2. The maximum Gasteiger partial charge on any atom is 0.315 e. The first-order chi connectivity index (χ1) is 10.5. The molecule has 2 unspecified atom stereocenters. The van der Waals surface area contributed by atoms with Gasteiger partial charge in [0, 0.05) is 6.04 Å². The molecule has 1 fully saturated rings. The molecule has 2 aliphatic rings. The summed E-state index contributed by atoms with van der Waals surface area (Å²) in [5, 5.41) is 5.83. The van der Waals surface area contributed by atoms with E-state index in [0.717, 1.165) is 25.7 Å². The summed E-state index contributed by atoms with van der Waals surface area (Å²) in [5.41, 5.74) is 2.49. The Morgan fingerprint density at radius 3 is 2.68 bits per heavy atom. The van der Waals surface area contributed by atoms with E-state index in [2.05, 4.69) is 22.8 Å². The minimum absolute atomic E-state index is 0.0108. The van der Waals surface area contributed by atoms with Crippen molar-refractivity contribution in [1.29, 1.82) is 0 Å². The topological polar surface area (TPSA) is 75.3 Å². The fourth-order valence-corrected chi connectivity index (χ4v) is 5.04. The lowest BCUT2D eigenvalue weighted by atomic mass is 9.99. The molecule has 0 saturated carbocycles. The van der Waals surface area contributed by atoms with Crippen LogP contribution in [-0.2, 0) is 16.3 Å². The monoisotopic (exact) mass is 322 g/mol. The highest BCUT2D eigenvalue weighted by molar-refractivity contribution is 7.91. The highest BCUT2D eigenvalue weighted by atomic mass is 32.2. The number of carbonyl (C=O) groups excluding carboxylic acids is 1. The van der Waals surface area contributed by atoms with Gasteiger partial charge in [0.15, 0.2) is 9.84 Å². The fraction of sp³-hybridized carbons (Fsp3) is 0.562. The predicted molar refractivity (Wildman–Crippen MR) is 85.5 cm³/mol. The maximum absolute atomic E-state index is 12.2. The molecule has 1 aromatic carbocycles. The third-order valence-electron chi connectivity index (χ3n) is 4.49. The van der Waals surface area contributed by atoms with Crippen molar-refractivity contribution in [2.75, 3.05) is 11.5 Å². The third kappa shape index (κ3) is 3.61. The van der Waals surface area contributed by atoms with Crippen LogP contribution in [0.3, 0.4) is 0 Å². The van der Waals surface area contributed by atoms with Crippen LogP contribution in [0.25, 0.3) is 0 Å². The molecule has 1 aromatic rings. The van der Waals surface area contributed by atoms with Crippen LogP contribution in [0.1, 0.15) is 42.9 Å². The largest absolute Gasteiger partial charge is 0.334 e. The van der Waals surface area contributed by atoms with Gasteiger partial charge in [-0.25, -0.2) is 13.2 Å². The number of sulfone groups is 1. The number of hydrogen-bond donors (Lipinski definition) is 2. The van der Waals surface area contributed by atoms with E-state index in [-0.39, 0.29) is 29.6 Å². The Balaban J connectivity index is 1.64. The van der Waals surface area contributed by atoms with E-state index in [4.69, 9.17) is 0 Å². The van der Waals surface area contributed by atoms with Gasteiger partial charge in [-0.1, -0.05) is 30.7 Å². The van der Waals surface area contributed by atoms with Crippen LogP contribution in [-0.4, -0.2) is 32.0 Å². The second-order valence-corrected chi connectivity index (χ2v) is 8.44. The summed E-state index contributed by atoms with van der Waals surface area (Å²) in [6.45, 7) is 0. The minimum atomic E-state index is -2.97. The molecular formula is C16H22N2O3S. The summed E-state index contributed by atoms with van der Waals surface area (Å²) in [7, 11) is -2.97. The lowest BCUT2D eigenvalue weighted by molar-refractivity contribution is 0.233. The summed E-state index contributed by atoms with van der Waals surface area (Å²) in [6.07, 6.45) is 4.70. The smallest absolute Gasteiger partial charge is 0.315 e. The van der Waals surface area contributed by atoms with E-state index in [1.54, 1.807) is 0 Å². The van der Waals surface area contributed by atoms with Crippen molar-refractivity contribution in [3.05, 3.63) is 35.4 Å². The van der Waals surface area contributed by atoms with Gasteiger partial charge in [0.05, 0.1) is 17.5 Å². The normalized spacial score (nSPS) is 26.7. The highest BCUT2D eigenvalue weighted by Gasteiger charge is 2.29. The van der Waals surface area contributed by atoms with Crippen LogP contribution in [0.5, 0.6) is 0 Å². The molecule has 6 heteroatoms. The molecule has 0 spiro atoms. The second-order valence-electron chi connectivity index (χ2n) is 6.21. The Hall–Kier alpha value is -1.56. The number of rotatable bonds is 2. The number of benzene rings is 1. The highest BCUT2D eigenvalue weighted by Crippen LogP contribution is 2.28. The van der Waals surface area contributed by atoms with Gasteiger partial charge in [-0.2, -0.15) is 0 Å². The number of hydrogen-bond acceptors (Lipinski definition) is 3. The summed E-state index contributed by atoms with van der Waals surface area (Å²) < 4.78 is 22.9. The molecule has 0 radical (unpaired) electrons. The predicted octanol–water partition coefficient (Wildman–Crippen LogP) is 1.94. The van der Waals surface area contributed by atoms with Crippen molar-refractivity contribution < 1.29 is 13.2 Å². The Labute approximate surface area is 131 Å². The second kappa shape index (κ2) is 6.28.